The maximum atomic E-state index is 11.8. The molecule has 2 nitrogen and oxygen atoms in total. The molecule has 0 spiro atoms. The normalized spacial score (nSPS) is 41.6. The van der Waals surface area contributed by atoms with E-state index in [1.54, 1.807) is 0 Å². The van der Waals surface area contributed by atoms with Crippen LogP contribution in [0.15, 0.2) is 0 Å². The van der Waals surface area contributed by atoms with Crippen LogP contribution in [0.5, 0.6) is 0 Å². The van der Waals surface area contributed by atoms with E-state index in [-0.39, 0.29) is 28.3 Å². The molecule has 2 aliphatic rings. The Labute approximate surface area is 91.6 Å². The summed E-state index contributed by atoms with van der Waals surface area (Å²) in [5, 5.41) is 0. The summed E-state index contributed by atoms with van der Waals surface area (Å²) >= 11 is 2.25. The second kappa shape index (κ2) is 2.55. The van der Waals surface area contributed by atoms with Crippen molar-refractivity contribution in [1.82, 2.24) is 0 Å². The van der Waals surface area contributed by atoms with Crippen molar-refractivity contribution in [3.05, 3.63) is 0 Å². The van der Waals surface area contributed by atoms with Gasteiger partial charge in [-0.3, -0.25) is 9.59 Å². The summed E-state index contributed by atoms with van der Waals surface area (Å²) in [5.74, 6) is -0.189. The van der Waals surface area contributed by atoms with Crippen LogP contribution in [0.4, 0.5) is 0 Å². The first kappa shape index (κ1) is 9.62. The van der Waals surface area contributed by atoms with E-state index in [2.05, 4.69) is 36.4 Å². The van der Waals surface area contributed by atoms with Crippen LogP contribution in [-0.4, -0.2) is 16.0 Å². The summed E-state index contributed by atoms with van der Waals surface area (Å²) in [6.07, 6.45) is 1.83. The number of carbonyl (C=O) groups is 2. The van der Waals surface area contributed by atoms with Crippen LogP contribution >= 0.6 is 22.6 Å². The van der Waals surface area contributed by atoms with Gasteiger partial charge in [-0.25, -0.2) is 0 Å². The number of alkyl halides is 1. The van der Waals surface area contributed by atoms with Gasteiger partial charge in [0.25, 0.3) is 0 Å². The minimum Gasteiger partial charge on any atom is -0.291 e. The number of Topliss-reactive ketones (excluding diaryl/α,β-unsaturated/α-hetero) is 2. The Morgan fingerprint density at radius 2 is 2.08 bits per heavy atom. The van der Waals surface area contributed by atoms with Gasteiger partial charge in [0.1, 0.15) is 0 Å². The molecule has 0 aromatic rings. The van der Waals surface area contributed by atoms with Gasteiger partial charge in [0.05, 0.1) is 5.41 Å². The molecular weight excluding hydrogens is 279 g/mol. The van der Waals surface area contributed by atoms with Crippen LogP contribution < -0.4 is 0 Å². The Bertz CT molecular complexity index is 295. The van der Waals surface area contributed by atoms with Gasteiger partial charge in [-0.1, -0.05) is 36.4 Å². The highest BCUT2D eigenvalue weighted by Crippen LogP contribution is 2.62. The molecule has 2 fully saturated rings. The van der Waals surface area contributed by atoms with Gasteiger partial charge in [0.15, 0.2) is 0 Å². The lowest BCUT2D eigenvalue weighted by Gasteiger charge is -2.33. The molecule has 0 aromatic carbocycles. The van der Waals surface area contributed by atoms with Gasteiger partial charge in [0, 0.05) is 10.3 Å². The Balaban J connectivity index is 2.56. The van der Waals surface area contributed by atoms with Crippen molar-refractivity contribution in [2.45, 2.75) is 26.7 Å². The second-order valence-corrected chi connectivity index (χ2v) is 5.48. The van der Waals surface area contributed by atoms with Crippen LogP contribution in [0.2, 0.25) is 0 Å². The van der Waals surface area contributed by atoms with Crippen molar-refractivity contribution < 1.29 is 9.59 Å². The maximum Gasteiger partial charge on any atom is 0.206 e. The summed E-state index contributed by atoms with van der Waals surface area (Å²) in [6, 6.07) is 0. The first-order chi connectivity index (χ1) is 5.97. The molecular formula is C10H13IO2. The number of hydrogen-bond acceptors (Lipinski definition) is 2. The lowest BCUT2D eigenvalue weighted by molar-refractivity contribution is -0.141. The number of ketones is 2. The van der Waals surface area contributed by atoms with Crippen molar-refractivity contribution in [2.75, 3.05) is 4.43 Å². The van der Waals surface area contributed by atoms with Gasteiger partial charge in [-0.15, -0.1) is 0 Å². The van der Waals surface area contributed by atoms with Gasteiger partial charge in [-0.05, 0) is 18.3 Å². The Kier molecular flexibility index (Phi) is 1.89. The molecule has 0 radical (unpaired) electrons. The second-order valence-electron chi connectivity index (χ2n) is 4.72. The van der Waals surface area contributed by atoms with Gasteiger partial charge in [0.2, 0.25) is 11.6 Å². The zero-order valence-electron chi connectivity index (χ0n) is 7.89. The molecule has 0 aliphatic heterocycles. The first-order valence-corrected chi connectivity index (χ1v) is 6.14. The summed E-state index contributed by atoms with van der Waals surface area (Å²) < 4.78 is 0.791. The largest absolute Gasteiger partial charge is 0.291 e. The van der Waals surface area contributed by atoms with E-state index in [4.69, 9.17) is 0 Å². The predicted molar refractivity (Wildman–Crippen MR) is 57.8 cm³/mol. The van der Waals surface area contributed by atoms with Crippen molar-refractivity contribution in [1.29, 1.82) is 0 Å². The monoisotopic (exact) mass is 292 g/mol. The zero-order chi connectivity index (χ0) is 9.85. The fourth-order valence-electron chi connectivity index (χ4n) is 2.97. The summed E-state index contributed by atoms with van der Waals surface area (Å²) in [5.41, 5.74) is -0.419. The van der Waals surface area contributed by atoms with E-state index in [1.807, 2.05) is 0 Å². The van der Waals surface area contributed by atoms with E-state index >= 15 is 0 Å². The van der Waals surface area contributed by atoms with Crippen molar-refractivity contribution in [2.24, 2.45) is 16.7 Å². The Morgan fingerprint density at radius 3 is 2.38 bits per heavy atom. The summed E-state index contributed by atoms with van der Waals surface area (Å²) in [6.45, 7) is 4.15. The fourth-order valence-corrected chi connectivity index (χ4v) is 4.68. The molecule has 3 heteroatoms. The molecule has 0 aromatic heterocycles. The zero-order valence-corrected chi connectivity index (χ0v) is 10.1. The van der Waals surface area contributed by atoms with Crippen LogP contribution in [0.25, 0.3) is 0 Å². The highest BCUT2D eigenvalue weighted by Gasteiger charge is 2.68. The highest BCUT2D eigenvalue weighted by atomic mass is 127. The number of halogens is 1. The average molecular weight is 292 g/mol. The van der Waals surface area contributed by atoms with Gasteiger partial charge < -0.3 is 0 Å². The minimum absolute atomic E-state index is 0.00904. The van der Waals surface area contributed by atoms with Crippen molar-refractivity contribution in [3.8, 4) is 0 Å². The highest BCUT2D eigenvalue weighted by molar-refractivity contribution is 14.1. The van der Waals surface area contributed by atoms with Crippen LogP contribution in [0.1, 0.15) is 26.7 Å². The number of rotatable bonds is 1. The van der Waals surface area contributed by atoms with E-state index in [9.17, 15) is 9.59 Å². The number of carbonyl (C=O) groups excluding carboxylic acids is 2. The van der Waals surface area contributed by atoms with Crippen LogP contribution in [0.3, 0.4) is 0 Å². The van der Waals surface area contributed by atoms with Crippen molar-refractivity contribution >= 4 is 34.2 Å². The van der Waals surface area contributed by atoms with E-state index < -0.39 is 0 Å². The summed E-state index contributed by atoms with van der Waals surface area (Å²) in [7, 11) is 0. The van der Waals surface area contributed by atoms with Crippen LogP contribution in [-0.2, 0) is 9.59 Å². The standard InChI is InChI=1S/C10H13IO2/c1-9(2)6-3-4-10(9,5-11)8(13)7(6)12/h6H,3-5H2,1-2H3/t6-,10-/m1/s1. The van der Waals surface area contributed by atoms with Crippen LogP contribution in [0, 0.1) is 16.7 Å². The average Bonchev–Trinajstić information content (AvgIpc) is 2.41. The molecule has 2 saturated carbocycles. The Hall–Kier alpha value is 0.0700. The van der Waals surface area contributed by atoms with E-state index in [0.29, 0.717) is 0 Å². The molecule has 2 bridgehead atoms. The predicted octanol–water partition coefficient (Wildman–Crippen LogP) is 2.00. The van der Waals surface area contributed by atoms with Gasteiger partial charge in [-0.2, -0.15) is 0 Å². The molecule has 0 amide bonds. The number of fused-ring (bicyclic) bond motifs is 2. The molecule has 0 N–H and O–H groups in total. The molecule has 2 aliphatic carbocycles. The third-order valence-corrected chi connectivity index (χ3v) is 5.47. The SMILES string of the molecule is CC1(C)[C@@H]2CC[C@@]1(CI)C(=O)C2=O. The quantitative estimate of drug-likeness (QED) is 0.421. The first-order valence-electron chi connectivity index (χ1n) is 4.62. The molecule has 0 unspecified atom stereocenters. The lowest BCUT2D eigenvalue weighted by Crippen LogP contribution is -2.38. The molecule has 0 heterocycles. The van der Waals surface area contributed by atoms with E-state index in [0.717, 1.165) is 17.3 Å². The summed E-state index contributed by atoms with van der Waals surface area (Å²) in [4.78, 5) is 23.4. The molecule has 13 heavy (non-hydrogen) atoms. The number of hydrogen-bond donors (Lipinski definition) is 0. The third kappa shape index (κ3) is 0.845. The molecule has 72 valence electrons. The fraction of sp³-hybridized carbons (Fsp3) is 0.800. The Morgan fingerprint density at radius 1 is 1.46 bits per heavy atom. The maximum absolute atomic E-state index is 11.8. The third-order valence-electron chi connectivity index (χ3n) is 4.17. The van der Waals surface area contributed by atoms with E-state index in [1.165, 1.54) is 0 Å². The minimum atomic E-state index is -0.324. The smallest absolute Gasteiger partial charge is 0.206 e. The lowest BCUT2D eigenvalue weighted by atomic mass is 9.70. The van der Waals surface area contributed by atoms with Crippen molar-refractivity contribution in [3.63, 3.8) is 0 Å². The van der Waals surface area contributed by atoms with Gasteiger partial charge >= 0.3 is 0 Å². The molecule has 2 rings (SSSR count). The molecule has 2 atom stereocenters. The molecule has 0 saturated heterocycles. The topological polar surface area (TPSA) is 34.1 Å².